The molecule has 1 aliphatic carbocycles. The molecule has 0 radical (unpaired) electrons. The van der Waals surface area contributed by atoms with Gasteiger partial charge in [-0.3, -0.25) is 4.55 Å². The summed E-state index contributed by atoms with van der Waals surface area (Å²) in [6.07, 6.45) is 5.46. The van der Waals surface area contributed by atoms with Gasteiger partial charge in [-0.05, 0) is 12.8 Å². The number of aliphatic hydroxyl groups excluding tert-OH is 1. The first kappa shape index (κ1) is 10.9. The Morgan fingerprint density at radius 1 is 1.08 bits per heavy atom. The SMILES string of the molecule is O=S(=O)(O)C(O)C1CCCCCC1. The number of hydrogen-bond donors (Lipinski definition) is 2. The number of aliphatic hydroxyl groups is 1. The summed E-state index contributed by atoms with van der Waals surface area (Å²) in [4.78, 5) is 0. The third-order valence-electron chi connectivity index (χ3n) is 2.61. The van der Waals surface area contributed by atoms with Gasteiger partial charge in [-0.1, -0.05) is 25.7 Å². The summed E-state index contributed by atoms with van der Waals surface area (Å²) in [7, 11) is -4.26. The van der Waals surface area contributed by atoms with Crippen LogP contribution in [0.25, 0.3) is 0 Å². The van der Waals surface area contributed by atoms with Crippen LogP contribution in [0.15, 0.2) is 0 Å². The molecule has 1 unspecified atom stereocenters. The van der Waals surface area contributed by atoms with Crippen LogP contribution in [0.3, 0.4) is 0 Å². The molecule has 1 fully saturated rings. The van der Waals surface area contributed by atoms with E-state index in [-0.39, 0.29) is 5.92 Å². The zero-order valence-electron chi connectivity index (χ0n) is 7.52. The van der Waals surface area contributed by atoms with Crippen molar-refractivity contribution in [3.05, 3.63) is 0 Å². The third-order valence-corrected chi connectivity index (χ3v) is 3.60. The highest BCUT2D eigenvalue weighted by Gasteiger charge is 2.29. The molecule has 2 N–H and O–H groups in total. The molecule has 1 atom stereocenters. The van der Waals surface area contributed by atoms with Crippen LogP contribution < -0.4 is 0 Å². The smallest absolute Gasteiger partial charge is 0.292 e. The van der Waals surface area contributed by atoms with Gasteiger partial charge in [-0.2, -0.15) is 8.42 Å². The summed E-state index contributed by atoms with van der Waals surface area (Å²) < 4.78 is 29.9. The summed E-state index contributed by atoms with van der Waals surface area (Å²) in [5.74, 6) is -0.280. The molecule has 0 aromatic rings. The van der Waals surface area contributed by atoms with E-state index in [9.17, 15) is 13.5 Å². The van der Waals surface area contributed by atoms with E-state index in [1.165, 1.54) is 0 Å². The molecule has 0 aromatic carbocycles. The minimum absolute atomic E-state index is 0.280. The number of rotatable bonds is 2. The van der Waals surface area contributed by atoms with Gasteiger partial charge < -0.3 is 5.11 Å². The second kappa shape index (κ2) is 4.39. The molecule has 5 heteroatoms. The average Bonchev–Trinajstić information content (AvgIpc) is 2.28. The maximum Gasteiger partial charge on any atom is 0.292 e. The normalized spacial score (nSPS) is 23.8. The second-order valence-corrected chi connectivity index (χ2v) is 5.17. The van der Waals surface area contributed by atoms with Crippen molar-refractivity contribution in [2.45, 2.75) is 44.0 Å². The van der Waals surface area contributed by atoms with Gasteiger partial charge in [0.1, 0.15) is 0 Å². The van der Waals surface area contributed by atoms with Gasteiger partial charge in [0.25, 0.3) is 10.1 Å². The zero-order valence-corrected chi connectivity index (χ0v) is 8.33. The molecule has 1 rings (SSSR count). The van der Waals surface area contributed by atoms with Crippen molar-refractivity contribution in [1.29, 1.82) is 0 Å². The van der Waals surface area contributed by atoms with Crippen molar-refractivity contribution in [2.75, 3.05) is 0 Å². The first-order chi connectivity index (χ1) is 6.02. The summed E-state index contributed by atoms with van der Waals surface area (Å²) in [5.41, 5.74) is -1.58. The van der Waals surface area contributed by atoms with Crippen LogP contribution in [0, 0.1) is 5.92 Å². The van der Waals surface area contributed by atoms with E-state index in [0.717, 1.165) is 25.7 Å². The molecule has 0 amide bonds. The van der Waals surface area contributed by atoms with Gasteiger partial charge in [-0.15, -0.1) is 0 Å². The maximum atomic E-state index is 10.6. The molecule has 13 heavy (non-hydrogen) atoms. The Balaban J connectivity index is 2.59. The standard InChI is InChI=1S/C8H16O4S/c9-8(13(10,11)12)7-5-3-1-2-4-6-7/h7-9H,1-6H2,(H,10,11,12). The molecular weight excluding hydrogens is 192 g/mol. The molecule has 1 saturated carbocycles. The van der Waals surface area contributed by atoms with Crippen molar-refractivity contribution >= 4 is 10.1 Å². The minimum Gasteiger partial charge on any atom is -0.375 e. The Kier molecular flexibility index (Phi) is 3.70. The fraction of sp³-hybridized carbons (Fsp3) is 1.00. The second-order valence-electron chi connectivity index (χ2n) is 3.66. The van der Waals surface area contributed by atoms with Gasteiger partial charge in [0.15, 0.2) is 5.44 Å². The largest absolute Gasteiger partial charge is 0.375 e. The third kappa shape index (κ3) is 3.25. The fourth-order valence-electron chi connectivity index (χ4n) is 1.84. The molecule has 78 valence electrons. The average molecular weight is 208 g/mol. The van der Waals surface area contributed by atoms with E-state index in [1.54, 1.807) is 0 Å². The molecule has 4 nitrogen and oxygen atoms in total. The molecular formula is C8H16O4S. The van der Waals surface area contributed by atoms with Crippen LogP contribution in [0.5, 0.6) is 0 Å². The minimum atomic E-state index is -4.26. The maximum absolute atomic E-state index is 10.6. The van der Waals surface area contributed by atoms with E-state index in [2.05, 4.69) is 0 Å². The van der Waals surface area contributed by atoms with Crippen LogP contribution in [0.2, 0.25) is 0 Å². The highest BCUT2D eigenvalue weighted by Crippen LogP contribution is 2.27. The zero-order chi connectivity index (χ0) is 9.90. The number of hydrogen-bond acceptors (Lipinski definition) is 3. The van der Waals surface area contributed by atoms with Crippen molar-refractivity contribution in [3.63, 3.8) is 0 Å². The molecule has 0 aromatic heterocycles. The molecule has 1 aliphatic rings. The van der Waals surface area contributed by atoms with Gasteiger partial charge >= 0.3 is 0 Å². The Hall–Kier alpha value is -0.130. The molecule has 0 bridgehead atoms. The van der Waals surface area contributed by atoms with Gasteiger partial charge in [0.2, 0.25) is 0 Å². The quantitative estimate of drug-likeness (QED) is 0.527. The monoisotopic (exact) mass is 208 g/mol. The predicted octanol–water partition coefficient (Wildman–Crippen LogP) is 1.16. The van der Waals surface area contributed by atoms with Gasteiger partial charge in [0, 0.05) is 5.92 Å². The lowest BCUT2D eigenvalue weighted by Crippen LogP contribution is -2.28. The van der Waals surface area contributed by atoms with E-state index >= 15 is 0 Å². The van der Waals surface area contributed by atoms with Crippen molar-refractivity contribution in [2.24, 2.45) is 5.92 Å². The summed E-state index contributed by atoms with van der Waals surface area (Å²) in [6.45, 7) is 0. The van der Waals surface area contributed by atoms with Crippen LogP contribution >= 0.6 is 0 Å². The summed E-state index contributed by atoms with van der Waals surface area (Å²) in [6, 6.07) is 0. The Morgan fingerprint density at radius 2 is 1.54 bits per heavy atom. The Morgan fingerprint density at radius 3 is 1.92 bits per heavy atom. The summed E-state index contributed by atoms with van der Waals surface area (Å²) >= 11 is 0. The van der Waals surface area contributed by atoms with E-state index in [4.69, 9.17) is 4.55 Å². The van der Waals surface area contributed by atoms with Crippen molar-refractivity contribution in [3.8, 4) is 0 Å². The Labute approximate surface area is 78.7 Å². The predicted molar refractivity (Wildman–Crippen MR) is 48.7 cm³/mol. The van der Waals surface area contributed by atoms with Crippen LogP contribution in [0.1, 0.15) is 38.5 Å². The topological polar surface area (TPSA) is 74.6 Å². The van der Waals surface area contributed by atoms with E-state index in [1.807, 2.05) is 0 Å². The van der Waals surface area contributed by atoms with Crippen LogP contribution in [0.4, 0.5) is 0 Å². The lowest BCUT2D eigenvalue weighted by molar-refractivity contribution is 0.157. The summed E-state index contributed by atoms with van der Waals surface area (Å²) in [5, 5.41) is 9.30. The van der Waals surface area contributed by atoms with E-state index < -0.39 is 15.6 Å². The Bertz CT molecular complexity index is 239. The molecule has 0 heterocycles. The lowest BCUT2D eigenvalue weighted by atomic mass is 10.0. The lowest BCUT2D eigenvalue weighted by Gasteiger charge is -2.17. The van der Waals surface area contributed by atoms with E-state index in [0.29, 0.717) is 12.8 Å². The van der Waals surface area contributed by atoms with Gasteiger partial charge in [0.05, 0.1) is 0 Å². The first-order valence-electron chi connectivity index (χ1n) is 4.66. The highest BCUT2D eigenvalue weighted by atomic mass is 32.2. The molecule has 0 saturated heterocycles. The van der Waals surface area contributed by atoms with Crippen molar-refractivity contribution < 1.29 is 18.1 Å². The molecule has 0 spiro atoms. The molecule has 0 aliphatic heterocycles. The first-order valence-corrected chi connectivity index (χ1v) is 6.16. The van der Waals surface area contributed by atoms with Gasteiger partial charge in [-0.25, -0.2) is 0 Å². The fourth-order valence-corrected chi connectivity index (χ4v) is 2.60. The van der Waals surface area contributed by atoms with Crippen LogP contribution in [-0.4, -0.2) is 23.5 Å². The van der Waals surface area contributed by atoms with Crippen LogP contribution in [-0.2, 0) is 10.1 Å². The van der Waals surface area contributed by atoms with Crippen molar-refractivity contribution in [1.82, 2.24) is 0 Å². The highest BCUT2D eigenvalue weighted by molar-refractivity contribution is 7.86.